The van der Waals surface area contributed by atoms with Gasteiger partial charge in [-0.1, -0.05) is 45.0 Å². The second kappa shape index (κ2) is 12.4. The smallest absolute Gasteiger partial charge is 0.264 e. The Morgan fingerprint density at radius 3 is 2.19 bits per heavy atom. The van der Waals surface area contributed by atoms with E-state index in [1.54, 1.807) is 49.4 Å². The summed E-state index contributed by atoms with van der Waals surface area (Å²) < 4.78 is 47.3. The molecule has 12 nitrogen and oxygen atoms in total. The van der Waals surface area contributed by atoms with E-state index in [-0.39, 0.29) is 51.6 Å². The van der Waals surface area contributed by atoms with E-state index >= 15 is 0 Å². The number of hydrogen-bond donors (Lipinski definition) is 2. The molecule has 3 N–H and O–H groups in total. The third-order valence-electron chi connectivity index (χ3n) is 5.94. The molecule has 13 heteroatoms. The predicted octanol–water partition coefficient (Wildman–Crippen LogP) is 4.48. The molecule has 0 spiro atoms. The Kier molecular flexibility index (Phi) is 8.90. The molecule has 0 saturated heterocycles. The molecular formula is C29H32N6O6S. The zero-order chi connectivity index (χ0) is 30.5. The molecule has 0 bridgehead atoms. The van der Waals surface area contributed by atoms with Crippen molar-refractivity contribution in [1.29, 1.82) is 0 Å². The van der Waals surface area contributed by atoms with Crippen LogP contribution in [-0.4, -0.2) is 47.5 Å². The minimum absolute atomic E-state index is 0.000528. The Balaban J connectivity index is 1.88. The van der Waals surface area contributed by atoms with Crippen molar-refractivity contribution in [3.8, 4) is 34.8 Å². The summed E-state index contributed by atoms with van der Waals surface area (Å²) in [6.07, 6.45) is 2.08. The summed E-state index contributed by atoms with van der Waals surface area (Å²) in [5.41, 5.74) is 6.17. The van der Waals surface area contributed by atoms with Gasteiger partial charge in [0.15, 0.2) is 23.1 Å². The van der Waals surface area contributed by atoms with Gasteiger partial charge in [-0.2, -0.15) is 4.98 Å². The molecule has 1 atom stereocenters. The number of carbonyl (C=O) groups excluding carboxylic acids is 1. The summed E-state index contributed by atoms with van der Waals surface area (Å²) in [6.45, 7) is 7.71. The van der Waals surface area contributed by atoms with Gasteiger partial charge in [0.25, 0.3) is 15.9 Å². The first kappa shape index (κ1) is 30.2. The monoisotopic (exact) mass is 592 g/mol. The molecule has 0 aliphatic rings. The van der Waals surface area contributed by atoms with Crippen LogP contribution in [0.5, 0.6) is 23.1 Å². The largest absolute Gasteiger partial charge is 0.493 e. The van der Waals surface area contributed by atoms with Crippen molar-refractivity contribution in [2.75, 3.05) is 11.8 Å². The highest BCUT2D eigenvalue weighted by Gasteiger charge is 2.27. The van der Waals surface area contributed by atoms with E-state index < -0.39 is 22.0 Å². The van der Waals surface area contributed by atoms with E-state index in [1.807, 2.05) is 20.8 Å². The summed E-state index contributed by atoms with van der Waals surface area (Å²) in [4.78, 5) is 28.8. The number of sulfonamides is 1. The molecule has 0 fully saturated rings. The molecule has 0 saturated carbocycles. The lowest BCUT2D eigenvalue weighted by molar-refractivity contribution is -0.119. The molecule has 220 valence electrons. The van der Waals surface area contributed by atoms with Crippen molar-refractivity contribution < 1.29 is 27.4 Å². The topological polar surface area (TPSA) is 169 Å². The fraction of sp³-hybridized carbons (Fsp3) is 0.276. The molecule has 2 aromatic heterocycles. The number of anilines is 1. The standard InChI is InChI=1S/C29H32N6O6S/c1-18(17-23(30)36)40-28-24(41-22-10-7-6-9-21(22)39-5)25(33-27(34-28)26-31-15-8-16-32-26)35-42(37,38)20-13-11-19(12-14-20)29(2,3)4/h6-16,18H,17H2,1-5H3,(H2,30,36)(H,33,34,35). The number of carbonyl (C=O) groups is 1. The molecule has 2 aromatic carbocycles. The normalized spacial score (nSPS) is 12.3. The molecule has 4 rings (SSSR count). The molecule has 0 aliphatic heterocycles. The number of primary amides is 1. The van der Waals surface area contributed by atoms with Crippen LogP contribution in [0, 0.1) is 0 Å². The van der Waals surface area contributed by atoms with Crippen LogP contribution in [0.1, 0.15) is 39.7 Å². The second-order valence-electron chi connectivity index (χ2n) is 10.3. The molecule has 1 unspecified atom stereocenters. The summed E-state index contributed by atoms with van der Waals surface area (Å²) in [6, 6.07) is 14.9. The van der Waals surface area contributed by atoms with E-state index in [0.717, 1.165) is 5.56 Å². The number of aromatic nitrogens is 4. The van der Waals surface area contributed by atoms with Crippen LogP contribution in [0.4, 0.5) is 5.82 Å². The lowest BCUT2D eigenvalue weighted by Gasteiger charge is -2.20. The van der Waals surface area contributed by atoms with Crippen LogP contribution in [0.15, 0.2) is 71.9 Å². The fourth-order valence-electron chi connectivity index (χ4n) is 3.83. The highest BCUT2D eigenvalue weighted by molar-refractivity contribution is 7.92. The average Bonchev–Trinajstić information content (AvgIpc) is 2.94. The summed E-state index contributed by atoms with van der Waals surface area (Å²) in [5.74, 6) is -0.563. The minimum Gasteiger partial charge on any atom is -0.493 e. The van der Waals surface area contributed by atoms with Crippen LogP contribution in [0.2, 0.25) is 0 Å². The lowest BCUT2D eigenvalue weighted by atomic mass is 9.87. The molecular weight excluding hydrogens is 560 g/mol. The second-order valence-corrected chi connectivity index (χ2v) is 12.0. The van der Waals surface area contributed by atoms with Gasteiger partial charge in [-0.25, -0.2) is 23.4 Å². The highest BCUT2D eigenvalue weighted by Crippen LogP contribution is 2.42. The number of nitrogens with two attached hydrogens (primary N) is 1. The van der Waals surface area contributed by atoms with E-state index in [0.29, 0.717) is 5.75 Å². The Bertz CT molecular complexity index is 1660. The number of benzene rings is 2. The first-order valence-electron chi connectivity index (χ1n) is 13.0. The molecule has 42 heavy (non-hydrogen) atoms. The number of methoxy groups -OCH3 is 1. The molecule has 4 aromatic rings. The Hall–Kier alpha value is -4.78. The van der Waals surface area contributed by atoms with Gasteiger partial charge in [0.05, 0.1) is 18.4 Å². The van der Waals surface area contributed by atoms with Crippen LogP contribution in [0.3, 0.4) is 0 Å². The van der Waals surface area contributed by atoms with Gasteiger partial charge in [-0.15, -0.1) is 0 Å². The summed E-state index contributed by atoms with van der Waals surface area (Å²) in [5, 5.41) is 0. The first-order valence-corrected chi connectivity index (χ1v) is 14.4. The molecule has 2 heterocycles. The zero-order valence-corrected chi connectivity index (χ0v) is 24.7. The van der Waals surface area contributed by atoms with Crippen molar-refractivity contribution in [1.82, 2.24) is 19.9 Å². The number of amides is 1. The maximum Gasteiger partial charge on any atom is 0.264 e. The predicted molar refractivity (Wildman–Crippen MR) is 156 cm³/mol. The van der Waals surface area contributed by atoms with Gasteiger partial charge in [-0.05, 0) is 48.2 Å². The average molecular weight is 593 g/mol. The van der Waals surface area contributed by atoms with Gasteiger partial charge in [0.2, 0.25) is 17.5 Å². The highest BCUT2D eigenvalue weighted by atomic mass is 32.2. The number of rotatable bonds is 11. The van der Waals surface area contributed by atoms with Crippen LogP contribution < -0.4 is 24.7 Å². The third kappa shape index (κ3) is 7.29. The number of para-hydroxylation sites is 2. The fourth-order valence-corrected chi connectivity index (χ4v) is 4.84. The van der Waals surface area contributed by atoms with E-state index in [4.69, 9.17) is 19.9 Å². The number of nitrogens with one attached hydrogen (secondary N) is 1. The van der Waals surface area contributed by atoms with E-state index in [2.05, 4.69) is 24.7 Å². The summed E-state index contributed by atoms with van der Waals surface area (Å²) in [7, 11) is -2.73. The number of nitrogens with zero attached hydrogens (tertiary/aromatic N) is 4. The number of ether oxygens (including phenoxy) is 3. The maximum atomic E-state index is 13.6. The van der Waals surface area contributed by atoms with Crippen molar-refractivity contribution in [3.63, 3.8) is 0 Å². The molecule has 0 aliphatic carbocycles. The summed E-state index contributed by atoms with van der Waals surface area (Å²) >= 11 is 0. The Labute approximate surface area is 244 Å². The van der Waals surface area contributed by atoms with Crippen molar-refractivity contribution in [2.24, 2.45) is 5.73 Å². The Morgan fingerprint density at radius 2 is 1.60 bits per heavy atom. The van der Waals surface area contributed by atoms with E-state index in [1.165, 1.54) is 31.6 Å². The Morgan fingerprint density at radius 1 is 0.952 bits per heavy atom. The van der Waals surface area contributed by atoms with Gasteiger partial charge in [0, 0.05) is 12.4 Å². The van der Waals surface area contributed by atoms with Gasteiger partial charge >= 0.3 is 0 Å². The lowest BCUT2D eigenvalue weighted by Crippen LogP contribution is -2.23. The SMILES string of the molecule is COc1ccccc1Oc1c(NS(=O)(=O)c2ccc(C(C)(C)C)cc2)nc(-c2ncccn2)nc1OC(C)CC(N)=O. The van der Waals surface area contributed by atoms with Crippen LogP contribution >= 0.6 is 0 Å². The minimum atomic E-state index is -4.19. The maximum absolute atomic E-state index is 13.6. The quantitative estimate of drug-likeness (QED) is 0.253. The van der Waals surface area contributed by atoms with Gasteiger partial charge < -0.3 is 19.9 Å². The molecule has 0 radical (unpaired) electrons. The first-order chi connectivity index (χ1) is 19.9. The van der Waals surface area contributed by atoms with E-state index in [9.17, 15) is 13.2 Å². The van der Waals surface area contributed by atoms with Crippen molar-refractivity contribution >= 4 is 21.7 Å². The molecule has 1 amide bonds. The van der Waals surface area contributed by atoms with Crippen LogP contribution in [-0.2, 0) is 20.2 Å². The third-order valence-corrected chi connectivity index (χ3v) is 7.30. The van der Waals surface area contributed by atoms with Crippen molar-refractivity contribution in [2.45, 2.75) is 50.5 Å². The van der Waals surface area contributed by atoms with Crippen molar-refractivity contribution in [3.05, 3.63) is 72.6 Å². The van der Waals surface area contributed by atoms with Crippen LogP contribution in [0.25, 0.3) is 11.6 Å². The zero-order valence-electron chi connectivity index (χ0n) is 23.9. The van der Waals surface area contributed by atoms with Gasteiger partial charge in [-0.3, -0.25) is 9.52 Å². The van der Waals surface area contributed by atoms with Gasteiger partial charge in [0.1, 0.15) is 6.10 Å². The number of hydrogen-bond acceptors (Lipinski definition) is 10.